The molecule has 0 saturated heterocycles. The van der Waals surface area contributed by atoms with Gasteiger partial charge in [0.2, 0.25) is 0 Å². The first-order valence-electron chi connectivity index (χ1n) is 6.39. The number of aliphatic imine (C=N–C) groups is 1. The maximum atomic E-state index is 4.37. The van der Waals surface area contributed by atoms with Gasteiger partial charge in [0, 0.05) is 30.5 Å². The lowest BCUT2D eigenvalue weighted by Gasteiger charge is -2.11. The van der Waals surface area contributed by atoms with E-state index in [0.717, 1.165) is 15.7 Å². The summed E-state index contributed by atoms with van der Waals surface area (Å²) in [6, 6.07) is 16.3. The Morgan fingerprint density at radius 1 is 0.950 bits per heavy atom. The summed E-state index contributed by atoms with van der Waals surface area (Å²) in [6.45, 7) is 0. The molecule has 0 atom stereocenters. The molecule has 0 radical (unpaired) electrons. The molecular weight excluding hydrogens is 312 g/mol. The highest BCUT2D eigenvalue weighted by Gasteiger charge is 1.92. The monoisotopic (exact) mass is 328 g/mol. The van der Waals surface area contributed by atoms with Gasteiger partial charge in [0.05, 0.1) is 5.69 Å². The van der Waals surface area contributed by atoms with Gasteiger partial charge in [-0.25, -0.2) is 0 Å². The second-order valence-electron chi connectivity index (χ2n) is 4.60. The van der Waals surface area contributed by atoms with Gasteiger partial charge in [-0.05, 0) is 48.0 Å². The standard InChI is InChI=1S/C17H17BrN2/c1-20(2)17-11-5-14(6-12-17)4-3-13-19-16-9-7-15(18)8-10-16/h3-13H,1-2H3. The zero-order chi connectivity index (χ0) is 14.4. The highest BCUT2D eigenvalue weighted by Crippen LogP contribution is 2.16. The van der Waals surface area contributed by atoms with Crippen LogP contribution >= 0.6 is 15.9 Å². The van der Waals surface area contributed by atoms with Crippen molar-refractivity contribution in [2.75, 3.05) is 19.0 Å². The minimum atomic E-state index is 0.945. The molecule has 0 aromatic heterocycles. The number of hydrogen-bond acceptors (Lipinski definition) is 2. The number of halogens is 1. The van der Waals surface area contributed by atoms with E-state index in [9.17, 15) is 0 Å². The molecule has 0 spiro atoms. The van der Waals surface area contributed by atoms with Crippen LogP contribution in [0.15, 0.2) is 64.1 Å². The minimum Gasteiger partial charge on any atom is -0.378 e. The van der Waals surface area contributed by atoms with Crippen LogP contribution < -0.4 is 4.90 Å². The van der Waals surface area contributed by atoms with Gasteiger partial charge in [0.1, 0.15) is 0 Å². The molecule has 102 valence electrons. The topological polar surface area (TPSA) is 15.6 Å². The van der Waals surface area contributed by atoms with Gasteiger partial charge >= 0.3 is 0 Å². The Kier molecular flexibility index (Phi) is 5.13. The van der Waals surface area contributed by atoms with E-state index in [4.69, 9.17) is 0 Å². The predicted octanol–water partition coefficient (Wildman–Crippen LogP) is 4.93. The molecule has 0 aliphatic rings. The fraction of sp³-hybridized carbons (Fsp3) is 0.118. The Morgan fingerprint density at radius 2 is 1.60 bits per heavy atom. The lowest BCUT2D eigenvalue weighted by molar-refractivity contribution is 1.13. The molecule has 2 nitrogen and oxygen atoms in total. The second kappa shape index (κ2) is 7.06. The van der Waals surface area contributed by atoms with E-state index >= 15 is 0 Å². The Balaban J connectivity index is 1.97. The van der Waals surface area contributed by atoms with Crippen molar-refractivity contribution in [3.63, 3.8) is 0 Å². The first kappa shape index (κ1) is 14.5. The Morgan fingerprint density at radius 3 is 2.20 bits per heavy atom. The van der Waals surface area contributed by atoms with Crippen LogP contribution in [0.4, 0.5) is 11.4 Å². The van der Waals surface area contributed by atoms with Crippen LogP contribution in [0.3, 0.4) is 0 Å². The van der Waals surface area contributed by atoms with Gasteiger partial charge in [-0.3, -0.25) is 4.99 Å². The van der Waals surface area contributed by atoms with E-state index in [1.165, 1.54) is 5.69 Å². The van der Waals surface area contributed by atoms with E-state index in [1.54, 1.807) is 0 Å². The summed E-state index contributed by atoms with van der Waals surface area (Å²) in [5, 5.41) is 0. The summed E-state index contributed by atoms with van der Waals surface area (Å²) >= 11 is 3.40. The average Bonchev–Trinajstić information content (AvgIpc) is 2.46. The number of benzene rings is 2. The van der Waals surface area contributed by atoms with Gasteiger partial charge in [-0.2, -0.15) is 0 Å². The van der Waals surface area contributed by atoms with Crippen molar-refractivity contribution in [3.05, 3.63) is 64.6 Å². The number of hydrogen-bond donors (Lipinski definition) is 0. The molecule has 0 N–H and O–H groups in total. The SMILES string of the molecule is CN(C)c1ccc(C=CC=Nc2ccc(Br)cc2)cc1. The van der Waals surface area contributed by atoms with Crippen molar-refractivity contribution < 1.29 is 0 Å². The molecule has 0 amide bonds. The summed E-state index contributed by atoms with van der Waals surface area (Å²) in [5.74, 6) is 0. The van der Waals surface area contributed by atoms with Crippen LogP contribution in [0.5, 0.6) is 0 Å². The van der Waals surface area contributed by atoms with Crippen molar-refractivity contribution in [3.8, 4) is 0 Å². The number of nitrogens with zero attached hydrogens (tertiary/aromatic N) is 2. The third-order valence-corrected chi connectivity index (χ3v) is 3.36. The first-order chi connectivity index (χ1) is 9.65. The quantitative estimate of drug-likeness (QED) is 0.726. The van der Waals surface area contributed by atoms with Crippen LogP contribution in [0, 0.1) is 0 Å². The van der Waals surface area contributed by atoms with Gasteiger partial charge in [0.15, 0.2) is 0 Å². The minimum absolute atomic E-state index is 0.945. The fourth-order valence-electron chi connectivity index (χ4n) is 1.69. The first-order valence-corrected chi connectivity index (χ1v) is 7.18. The fourth-order valence-corrected chi connectivity index (χ4v) is 1.96. The van der Waals surface area contributed by atoms with Crippen LogP contribution in [0.1, 0.15) is 5.56 Å². The van der Waals surface area contributed by atoms with Crippen LogP contribution in [0.2, 0.25) is 0 Å². The van der Waals surface area contributed by atoms with E-state index < -0.39 is 0 Å². The predicted molar refractivity (Wildman–Crippen MR) is 92.1 cm³/mol. The van der Waals surface area contributed by atoms with Gasteiger partial charge in [-0.1, -0.05) is 34.1 Å². The van der Waals surface area contributed by atoms with E-state index in [2.05, 4.69) is 50.1 Å². The summed E-state index contributed by atoms with van der Waals surface area (Å²) in [4.78, 5) is 6.45. The van der Waals surface area contributed by atoms with Crippen molar-refractivity contribution in [1.82, 2.24) is 0 Å². The van der Waals surface area contributed by atoms with E-state index in [-0.39, 0.29) is 0 Å². The Hall–Kier alpha value is -1.87. The zero-order valence-corrected chi connectivity index (χ0v) is 13.2. The van der Waals surface area contributed by atoms with Gasteiger partial charge < -0.3 is 4.90 Å². The molecule has 0 saturated carbocycles. The molecule has 0 heterocycles. The molecule has 0 aliphatic carbocycles. The molecule has 3 heteroatoms. The second-order valence-corrected chi connectivity index (χ2v) is 5.52. The lowest BCUT2D eigenvalue weighted by Crippen LogP contribution is -2.07. The number of anilines is 1. The average molecular weight is 329 g/mol. The van der Waals surface area contributed by atoms with Gasteiger partial charge in [-0.15, -0.1) is 0 Å². The van der Waals surface area contributed by atoms with Crippen molar-refractivity contribution >= 4 is 39.6 Å². The van der Waals surface area contributed by atoms with Gasteiger partial charge in [0.25, 0.3) is 0 Å². The third kappa shape index (κ3) is 4.35. The van der Waals surface area contributed by atoms with Crippen LogP contribution in [0.25, 0.3) is 6.08 Å². The van der Waals surface area contributed by atoms with Crippen molar-refractivity contribution in [2.45, 2.75) is 0 Å². The van der Waals surface area contributed by atoms with Crippen molar-refractivity contribution in [1.29, 1.82) is 0 Å². The molecule has 2 aromatic rings. The summed E-state index contributed by atoms with van der Waals surface area (Å²) in [5.41, 5.74) is 3.31. The third-order valence-electron chi connectivity index (χ3n) is 2.83. The number of allylic oxidation sites excluding steroid dienone is 1. The van der Waals surface area contributed by atoms with E-state index in [0.29, 0.717) is 0 Å². The molecule has 0 aliphatic heterocycles. The molecular formula is C17H17BrN2. The van der Waals surface area contributed by atoms with Crippen molar-refractivity contribution in [2.24, 2.45) is 4.99 Å². The highest BCUT2D eigenvalue weighted by atomic mass is 79.9. The smallest absolute Gasteiger partial charge is 0.0630 e. The van der Waals surface area contributed by atoms with Crippen LogP contribution in [-0.4, -0.2) is 20.3 Å². The molecule has 0 fully saturated rings. The number of rotatable bonds is 4. The molecule has 0 unspecified atom stereocenters. The Labute approximate surface area is 128 Å². The normalized spacial score (nSPS) is 11.3. The van der Waals surface area contributed by atoms with E-state index in [1.807, 2.05) is 56.7 Å². The largest absolute Gasteiger partial charge is 0.378 e. The Bertz CT molecular complexity index is 596. The molecule has 20 heavy (non-hydrogen) atoms. The molecule has 2 rings (SSSR count). The lowest BCUT2D eigenvalue weighted by atomic mass is 10.2. The summed E-state index contributed by atoms with van der Waals surface area (Å²) in [6.07, 6.45) is 5.80. The maximum Gasteiger partial charge on any atom is 0.0630 e. The zero-order valence-electron chi connectivity index (χ0n) is 11.6. The van der Waals surface area contributed by atoms with Crippen LogP contribution in [-0.2, 0) is 0 Å². The summed E-state index contributed by atoms with van der Waals surface area (Å²) < 4.78 is 1.06. The molecule has 2 aromatic carbocycles. The highest BCUT2D eigenvalue weighted by molar-refractivity contribution is 9.10. The maximum absolute atomic E-state index is 4.37. The summed E-state index contributed by atoms with van der Waals surface area (Å²) in [7, 11) is 4.07. The molecule has 0 bridgehead atoms.